The average Bonchev–Trinajstić information content (AvgIpc) is 3.76. The molecule has 65 heavy (non-hydrogen) atoms. The third kappa shape index (κ3) is 10.1. The van der Waals surface area contributed by atoms with Gasteiger partial charge in [-0.2, -0.15) is 0 Å². The standard InChI is InChI=1S/C48H55ClN8O7S/c1-48(2)14-10-34(41(27-48)32-4-6-35(49)7-5-32)29-55-18-20-56(21-19-55)37-8-9-40(43(24-37)64-38-23-33-11-15-50-46(33)51-28-38)47(58)53-65(61,62)39-25-42(57(59)60)45-44(26-39)63-30-36(52-45)22-31-12-16-54(3)17-13-31/h4-9,11,15,23-26,28,31,36,52H,10,12-14,16-22,27,29-30H2,1-3H3,(H,50,51)(H,53,58)/t36-/m0/s1. The molecule has 0 radical (unpaired) electrons. The van der Waals surface area contributed by atoms with Crippen molar-refractivity contribution in [1.29, 1.82) is 0 Å². The number of carbonyl (C=O) groups excluding carboxylic acids is 1. The Morgan fingerprint density at radius 1 is 1.03 bits per heavy atom. The summed E-state index contributed by atoms with van der Waals surface area (Å²) in [6.07, 6.45) is 9.31. The molecule has 3 N–H and O–H groups in total. The predicted molar refractivity (Wildman–Crippen MR) is 253 cm³/mol. The molecule has 1 aliphatic carbocycles. The molecule has 5 heterocycles. The Bertz CT molecular complexity index is 2740. The van der Waals surface area contributed by atoms with Crippen LogP contribution in [0.15, 0.2) is 89.6 Å². The highest BCUT2D eigenvalue weighted by molar-refractivity contribution is 7.90. The lowest BCUT2D eigenvalue weighted by Gasteiger charge is -2.39. The van der Waals surface area contributed by atoms with Gasteiger partial charge in [0.1, 0.15) is 23.8 Å². The third-order valence-electron chi connectivity index (χ3n) is 13.4. The van der Waals surface area contributed by atoms with Crippen molar-refractivity contribution in [2.24, 2.45) is 11.3 Å². The van der Waals surface area contributed by atoms with Crippen LogP contribution in [0.25, 0.3) is 16.6 Å². The van der Waals surface area contributed by atoms with Gasteiger partial charge in [-0.1, -0.05) is 43.2 Å². The second-order valence-corrected chi connectivity index (χ2v) is 20.8. The first-order valence-electron chi connectivity index (χ1n) is 22.3. The number of amides is 1. The van der Waals surface area contributed by atoms with Gasteiger partial charge in [0.2, 0.25) is 0 Å². The van der Waals surface area contributed by atoms with Crippen molar-refractivity contribution in [3.8, 4) is 17.2 Å². The second kappa shape index (κ2) is 18.3. The number of hydrogen-bond acceptors (Lipinski definition) is 12. The SMILES string of the molecule is CN1CCC(C[C@H]2COc3cc(S(=O)(=O)NC(=O)c4ccc(N5CCN(CC6=C(c7ccc(Cl)cc7)CC(C)(C)CC6)CC5)cc4Oc4cnc5[nH]ccc5c4)cc([N+](=O)[O-])c3N2)CC1. The normalized spacial score (nSPS) is 19.6. The highest BCUT2D eigenvalue weighted by Crippen LogP contribution is 2.44. The molecule has 2 fully saturated rings. The van der Waals surface area contributed by atoms with Gasteiger partial charge in [-0.25, -0.2) is 18.1 Å². The van der Waals surface area contributed by atoms with E-state index in [9.17, 15) is 23.3 Å². The van der Waals surface area contributed by atoms with Crippen LogP contribution in [0.1, 0.15) is 68.3 Å². The number of benzene rings is 3. The number of nitro benzene ring substituents is 1. The zero-order valence-corrected chi connectivity index (χ0v) is 38.5. The molecule has 1 atom stereocenters. The maximum atomic E-state index is 14.1. The average molecular weight is 924 g/mol. The highest BCUT2D eigenvalue weighted by Gasteiger charge is 2.34. The van der Waals surface area contributed by atoms with Crippen LogP contribution in [0.3, 0.4) is 0 Å². The number of nitrogens with one attached hydrogen (secondary N) is 3. The quantitative estimate of drug-likeness (QED) is 0.0803. The number of H-pyrrole nitrogens is 1. The molecule has 5 aromatic rings. The lowest BCUT2D eigenvalue weighted by molar-refractivity contribution is -0.384. The number of allylic oxidation sites excluding steroid dienone is 1. The van der Waals surface area contributed by atoms with Crippen LogP contribution in [-0.4, -0.2) is 105 Å². The van der Waals surface area contributed by atoms with Gasteiger partial charge < -0.3 is 29.6 Å². The number of fused-ring (bicyclic) bond motifs is 2. The monoisotopic (exact) mass is 922 g/mol. The Morgan fingerprint density at radius 3 is 2.55 bits per heavy atom. The minimum Gasteiger partial charge on any atom is -0.489 e. The fraction of sp³-hybridized carbons (Fsp3) is 0.417. The molecule has 9 rings (SSSR count). The van der Waals surface area contributed by atoms with Crippen molar-refractivity contribution in [2.45, 2.75) is 63.3 Å². The summed E-state index contributed by atoms with van der Waals surface area (Å²) in [4.78, 5) is 39.8. The molecule has 0 bridgehead atoms. The van der Waals surface area contributed by atoms with Crippen LogP contribution < -0.4 is 24.4 Å². The van der Waals surface area contributed by atoms with Gasteiger partial charge in [0.15, 0.2) is 11.4 Å². The van der Waals surface area contributed by atoms with Gasteiger partial charge in [0.25, 0.3) is 21.6 Å². The fourth-order valence-corrected chi connectivity index (χ4v) is 10.7. The lowest BCUT2D eigenvalue weighted by Crippen LogP contribution is -2.47. The van der Waals surface area contributed by atoms with Gasteiger partial charge >= 0.3 is 0 Å². The highest BCUT2D eigenvalue weighted by atomic mass is 35.5. The van der Waals surface area contributed by atoms with Crippen LogP contribution in [0, 0.1) is 21.4 Å². The molecule has 2 aromatic heterocycles. The van der Waals surface area contributed by atoms with Gasteiger partial charge in [-0.05, 0) is 118 Å². The summed E-state index contributed by atoms with van der Waals surface area (Å²) < 4.78 is 42.4. The number of piperazine rings is 1. The van der Waals surface area contributed by atoms with Crippen molar-refractivity contribution >= 4 is 61.2 Å². The smallest absolute Gasteiger partial charge is 0.297 e. The van der Waals surface area contributed by atoms with E-state index in [4.69, 9.17) is 21.1 Å². The molecular formula is C48H55ClN8O7S. The van der Waals surface area contributed by atoms with Crippen LogP contribution in [-0.2, 0) is 10.0 Å². The summed E-state index contributed by atoms with van der Waals surface area (Å²) in [5.74, 6) is -0.0159. The number of hydrogen-bond donors (Lipinski definition) is 3. The summed E-state index contributed by atoms with van der Waals surface area (Å²) in [6.45, 7) is 10.8. The molecule has 342 valence electrons. The Morgan fingerprint density at radius 2 is 1.80 bits per heavy atom. The number of halogens is 1. The molecule has 15 nitrogen and oxygen atoms in total. The van der Waals surface area contributed by atoms with Gasteiger partial charge in [-0.3, -0.25) is 19.8 Å². The van der Waals surface area contributed by atoms with Gasteiger partial charge in [0, 0.05) is 73.2 Å². The number of sulfonamides is 1. The van der Waals surface area contributed by atoms with Crippen molar-refractivity contribution < 1.29 is 27.6 Å². The zero-order chi connectivity index (χ0) is 45.5. The molecule has 0 unspecified atom stereocenters. The number of likely N-dealkylation sites (tertiary alicyclic amines) is 1. The van der Waals surface area contributed by atoms with Crippen molar-refractivity contribution in [2.75, 3.05) is 69.7 Å². The number of anilines is 2. The van der Waals surface area contributed by atoms with Crippen molar-refractivity contribution in [3.63, 3.8) is 0 Å². The van der Waals surface area contributed by atoms with E-state index in [0.717, 1.165) is 107 Å². The van der Waals surface area contributed by atoms with Crippen molar-refractivity contribution in [1.82, 2.24) is 24.5 Å². The first kappa shape index (κ1) is 44.5. The first-order valence-corrected chi connectivity index (χ1v) is 24.2. The molecule has 17 heteroatoms. The number of rotatable bonds is 12. The Hall–Kier alpha value is -5.68. The third-order valence-corrected chi connectivity index (χ3v) is 14.9. The molecule has 0 saturated carbocycles. The number of ether oxygens (including phenoxy) is 2. The van der Waals surface area contributed by atoms with Crippen LogP contribution >= 0.6 is 11.6 Å². The molecule has 1 amide bonds. The Balaban J connectivity index is 0.933. The topological polar surface area (TPSA) is 175 Å². The first-order chi connectivity index (χ1) is 31.2. The molecule has 3 aromatic carbocycles. The molecule has 3 aliphatic heterocycles. The molecule has 4 aliphatic rings. The molecular weight excluding hydrogens is 868 g/mol. The summed E-state index contributed by atoms with van der Waals surface area (Å²) in [5.41, 5.74) is 5.42. The summed E-state index contributed by atoms with van der Waals surface area (Å²) in [7, 11) is -2.55. The van der Waals surface area contributed by atoms with E-state index in [-0.39, 0.29) is 40.8 Å². The van der Waals surface area contributed by atoms with Crippen molar-refractivity contribution in [3.05, 3.63) is 111 Å². The number of carbonyl (C=O) groups is 1. The minimum absolute atomic E-state index is 0.0363. The Labute approximate surface area is 384 Å². The van der Waals surface area contributed by atoms with Gasteiger partial charge in [-0.15, -0.1) is 0 Å². The minimum atomic E-state index is -4.64. The van der Waals surface area contributed by atoms with Crippen LogP contribution in [0.5, 0.6) is 17.2 Å². The van der Waals surface area contributed by atoms with Crippen LogP contribution in [0.2, 0.25) is 5.02 Å². The molecule has 0 spiro atoms. The second-order valence-electron chi connectivity index (χ2n) is 18.7. The lowest BCUT2D eigenvalue weighted by atomic mass is 9.72. The summed E-state index contributed by atoms with van der Waals surface area (Å²) in [5, 5.41) is 17.1. The van der Waals surface area contributed by atoms with E-state index in [1.165, 1.54) is 29.0 Å². The number of nitro groups is 1. The number of pyridine rings is 1. The van der Waals surface area contributed by atoms with E-state index < -0.39 is 31.4 Å². The fourth-order valence-electron chi connectivity index (χ4n) is 9.61. The number of aromatic nitrogens is 2. The zero-order valence-electron chi connectivity index (χ0n) is 36.9. The maximum Gasteiger partial charge on any atom is 0.297 e. The summed E-state index contributed by atoms with van der Waals surface area (Å²) in [6, 6.07) is 18.9. The van der Waals surface area contributed by atoms with E-state index >= 15 is 0 Å². The Kier molecular flexibility index (Phi) is 12.5. The van der Waals surface area contributed by atoms with Crippen LogP contribution in [0.4, 0.5) is 17.1 Å². The van der Waals surface area contributed by atoms with Gasteiger partial charge in [0.05, 0.1) is 27.6 Å². The number of nitrogens with zero attached hydrogens (tertiary/aromatic N) is 5. The largest absolute Gasteiger partial charge is 0.489 e. The van der Waals surface area contributed by atoms with E-state index in [2.05, 4.69) is 67.7 Å². The van der Waals surface area contributed by atoms with E-state index in [1.807, 2.05) is 18.2 Å². The predicted octanol–water partition coefficient (Wildman–Crippen LogP) is 8.73. The number of piperidine rings is 1. The molecule has 2 saturated heterocycles. The van der Waals surface area contributed by atoms with E-state index in [1.54, 1.807) is 30.5 Å². The summed E-state index contributed by atoms with van der Waals surface area (Å²) >= 11 is 6.25. The number of aromatic amines is 1. The maximum absolute atomic E-state index is 14.1. The van der Waals surface area contributed by atoms with E-state index in [0.29, 0.717) is 17.3 Å².